The quantitative estimate of drug-likeness (QED) is 0.772. The zero-order valence-corrected chi connectivity index (χ0v) is 13.6. The van der Waals surface area contributed by atoms with Crippen LogP contribution in [0.15, 0.2) is 43.5 Å². The normalized spacial score (nSPS) is 11.9. The van der Waals surface area contributed by atoms with Crippen LogP contribution in [-0.2, 0) is 16.6 Å². The van der Waals surface area contributed by atoms with Gasteiger partial charge < -0.3 is 8.94 Å². The second kappa shape index (κ2) is 5.71. The molecule has 0 fully saturated rings. The molecule has 0 saturated heterocycles. The minimum Gasteiger partial charge on any atom is -0.459 e. The summed E-state index contributed by atoms with van der Waals surface area (Å²) in [5.74, 6) is 1.53. The highest BCUT2D eigenvalue weighted by atomic mass is 32.2. The van der Waals surface area contributed by atoms with Gasteiger partial charge in [-0.15, -0.1) is 11.3 Å². The Bertz CT molecular complexity index is 856. The molecule has 1 N–H and O–H groups in total. The van der Waals surface area contributed by atoms with E-state index in [4.69, 9.17) is 8.94 Å². The first-order valence-corrected chi connectivity index (χ1v) is 8.89. The summed E-state index contributed by atoms with van der Waals surface area (Å²) in [6.45, 7) is 3.22. The van der Waals surface area contributed by atoms with Crippen molar-refractivity contribution in [2.75, 3.05) is 0 Å². The van der Waals surface area contributed by atoms with E-state index in [1.807, 2.05) is 23.6 Å². The largest absolute Gasteiger partial charge is 0.459 e. The predicted octanol–water partition coefficient (Wildman–Crippen LogP) is 3.09. The third-order valence-corrected chi connectivity index (χ3v) is 5.63. The zero-order chi connectivity index (χ0) is 15.7. The highest BCUT2D eigenvalue weighted by molar-refractivity contribution is 7.89. The van der Waals surface area contributed by atoms with Crippen LogP contribution in [0.4, 0.5) is 0 Å². The van der Waals surface area contributed by atoms with Gasteiger partial charge in [0.15, 0.2) is 5.76 Å². The number of rotatable bonds is 5. The molecule has 6 nitrogen and oxygen atoms in total. The van der Waals surface area contributed by atoms with E-state index in [-0.39, 0.29) is 17.2 Å². The zero-order valence-electron chi connectivity index (χ0n) is 12.0. The molecule has 22 heavy (non-hydrogen) atoms. The van der Waals surface area contributed by atoms with E-state index < -0.39 is 10.0 Å². The molecule has 0 aliphatic rings. The Morgan fingerprint density at radius 1 is 1.27 bits per heavy atom. The van der Waals surface area contributed by atoms with Crippen LogP contribution in [0.25, 0.3) is 10.6 Å². The molecule has 0 spiro atoms. The molecular formula is C14H14N2O4S2. The van der Waals surface area contributed by atoms with Gasteiger partial charge in [-0.05, 0) is 37.4 Å². The van der Waals surface area contributed by atoms with E-state index in [0.29, 0.717) is 11.5 Å². The molecule has 0 aliphatic heterocycles. The smallest absolute Gasteiger partial charge is 0.246 e. The summed E-state index contributed by atoms with van der Waals surface area (Å²) in [7, 11) is -3.68. The lowest BCUT2D eigenvalue weighted by molar-refractivity contribution is 0.390. The van der Waals surface area contributed by atoms with Crippen LogP contribution < -0.4 is 4.72 Å². The maximum Gasteiger partial charge on any atom is 0.246 e. The molecule has 3 aromatic rings. The Labute approximate surface area is 131 Å². The van der Waals surface area contributed by atoms with Gasteiger partial charge in [-0.1, -0.05) is 11.2 Å². The summed E-state index contributed by atoms with van der Waals surface area (Å²) in [6.07, 6.45) is 0. The van der Waals surface area contributed by atoms with Gasteiger partial charge in [0.2, 0.25) is 10.0 Å². The molecular weight excluding hydrogens is 324 g/mol. The number of sulfonamides is 1. The lowest BCUT2D eigenvalue weighted by Gasteiger charge is -2.04. The van der Waals surface area contributed by atoms with Crippen molar-refractivity contribution in [1.29, 1.82) is 0 Å². The third kappa shape index (κ3) is 2.85. The van der Waals surface area contributed by atoms with Gasteiger partial charge in [0.25, 0.3) is 0 Å². The van der Waals surface area contributed by atoms with E-state index >= 15 is 0 Å². The number of furan rings is 1. The Balaban J connectivity index is 1.75. The summed E-state index contributed by atoms with van der Waals surface area (Å²) in [5, 5.41) is 5.62. The summed E-state index contributed by atoms with van der Waals surface area (Å²) in [4.78, 5) is 1.08. The van der Waals surface area contributed by atoms with Gasteiger partial charge in [-0.3, -0.25) is 0 Å². The fourth-order valence-corrected chi connectivity index (χ4v) is 4.13. The second-order valence-electron chi connectivity index (χ2n) is 4.72. The monoisotopic (exact) mass is 338 g/mol. The van der Waals surface area contributed by atoms with Gasteiger partial charge >= 0.3 is 0 Å². The standard InChI is InChI=1S/C14H14N2O4S2/c1-9-14(10(2)20-16-9)22(17,18)15-8-11-5-6-12(19-11)13-4-3-7-21-13/h3-7,15H,8H2,1-2H3. The highest BCUT2D eigenvalue weighted by Crippen LogP contribution is 2.26. The van der Waals surface area contributed by atoms with Gasteiger partial charge in [0.1, 0.15) is 22.1 Å². The lowest BCUT2D eigenvalue weighted by Crippen LogP contribution is -2.24. The number of thiophene rings is 1. The minimum absolute atomic E-state index is 0.0672. The maximum atomic E-state index is 12.3. The van der Waals surface area contributed by atoms with Crippen molar-refractivity contribution in [2.45, 2.75) is 25.3 Å². The van der Waals surface area contributed by atoms with Gasteiger partial charge in [0.05, 0.1) is 11.4 Å². The molecule has 116 valence electrons. The van der Waals surface area contributed by atoms with Crippen molar-refractivity contribution >= 4 is 21.4 Å². The van der Waals surface area contributed by atoms with Crippen LogP contribution in [0.2, 0.25) is 0 Å². The van der Waals surface area contributed by atoms with E-state index in [9.17, 15) is 8.42 Å². The Morgan fingerprint density at radius 2 is 2.09 bits per heavy atom. The second-order valence-corrected chi connectivity index (χ2v) is 7.37. The number of hydrogen-bond donors (Lipinski definition) is 1. The summed E-state index contributed by atoms with van der Waals surface area (Å²) in [6, 6.07) is 7.46. The predicted molar refractivity (Wildman–Crippen MR) is 82.0 cm³/mol. The first-order chi connectivity index (χ1) is 10.5. The first kappa shape index (κ1) is 15.0. The van der Waals surface area contributed by atoms with E-state index in [0.717, 1.165) is 10.6 Å². The molecule has 8 heteroatoms. The van der Waals surface area contributed by atoms with Crippen molar-refractivity contribution in [3.63, 3.8) is 0 Å². The molecule has 3 rings (SSSR count). The summed E-state index contributed by atoms with van der Waals surface area (Å²) >= 11 is 1.56. The van der Waals surface area contributed by atoms with Gasteiger partial charge in [-0.2, -0.15) is 0 Å². The molecule has 3 aromatic heterocycles. The molecule has 0 unspecified atom stereocenters. The molecule has 0 amide bonds. The van der Waals surface area contributed by atoms with Crippen LogP contribution >= 0.6 is 11.3 Å². The average Bonchev–Trinajstić information content (AvgIpc) is 3.17. The first-order valence-electron chi connectivity index (χ1n) is 6.52. The van der Waals surface area contributed by atoms with Gasteiger partial charge in [0, 0.05) is 0 Å². The fraction of sp³-hybridized carbons (Fsp3) is 0.214. The fourth-order valence-electron chi connectivity index (χ4n) is 2.12. The topological polar surface area (TPSA) is 85.3 Å². The number of hydrogen-bond acceptors (Lipinski definition) is 6. The SMILES string of the molecule is Cc1noc(C)c1S(=O)(=O)NCc1ccc(-c2cccs2)o1. The summed E-state index contributed by atoms with van der Waals surface area (Å²) < 4.78 is 37.6. The molecule has 3 heterocycles. The Morgan fingerprint density at radius 3 is 2.73 bits per heavy atom. The van der Waals surface area contributed by atoms with Crippen molar-refractivity contribution < 1.29 is 17.4 Å². The van der Waals surface area contributed by atoms with Crippen molar-refractivity contribution in [3.8, 4) is 10.6 Å². The lowest BCUT2D eigenvalue weighted by atomic mass is 10.3. The number of aryl methyl sites for hydroxylation is 2. The van der Waals surface area contributed by atoms with Crippen molar-refractivity contribution in [3.05, 3.63) is 46.9 Å². The Hall–Kier alpha value is -1.90. The maximum absolute atomic E-state index is 12.3. The van der Waals surface area contributed by atoms with Gasteiger partial charge in [-0.25, -0.2) is 13.1 Å². The van der Waals surface area contributed by atoms with Crippen LogP contribution in [0.1, 0.15) is 17.2 Å². The number of nitrogens with one attached hydrogen (secondary N) is 1. The van der Waals surface area contributed by atoms with Crippen molar-refractivity contribution in [1.82, 2.24) is 9.88 Å². The number of aromatic nitrogens is 1. The van der Waals surface area contributed by atoms with Crippen LogP contribution in [0.3, 0.4) is 0 Å². The molecule has 0 bridgehead atoms. The number of nitrogens with zero attached hydrogens (tertiary/aromatic N) is 1. The van der Waals surface area contributed by atoms with E-state index in [2.05, 4.69) is 9.88 Å². The third-order valence-electron chi connectivity index (χ3n) is 3.10. The summed E-state index contributed by atoms with van der Waals surface area (Å²) in [5.41, 5.74) is 0.337. The molecule has 0 aliphatic carbocycles. The molecule has 0 radical (unpaired) electrons. The molecule has 0 saturated carbocycles. The van der Waals surface area contributed by atoms with Crippen molar-refractivity contribution in [2.24, 2.45) is 0 Å². The Kier molecular flexibility index (Phi) is 3.90. The average molecular weight is 338 g/mol. The highest BCUT2D eigenvalue weighted by Gasteiger charge is 2.24. The van der Waals surface area contributed by atoms with Crippen LogP contribution in [0, 0.1) is 13.8 Å². The van der Waals surface area contributed by atoms with E-state index in [1.54, 1.807) is 31.3 Å². The van der Waals surface area contributed by atoms with Crippen LogP contribution in [-0.4, -0.2) is 13.6 Å². The van der Waals surface area contributed by atoms with E-state index in [1.165, 1.54) is 0 Å². The minimum atomic E-state index is -3.68. The van der Waals surface area contributed by atoms with Crippen LogP contribution in [0.5, 0.6) is 0 Å². The molecule has 0 atom stereocenters. The molecule has 0 aromatic carbocycles.